The molecule has 504 valence electrons. The Morgan fingerprint density at radius 3 is 0.852 bits per heavy atom. The van der Waals surface area contributed by atoms with Gasteiger partial charge in [0.1, 0.15) is 22.3 Å². The van der Waals surface area contributed by atoms with Crippen molar-refractivity contribution in [1.29, 1.82) is 0 Å². The highest BCUT2D eigenvalue weighted by Crippen LogP contribution is 2.47. The molecule has 12 aromatic carbocycles. The van der Waals surface area contributed by atoms with Gasteiger partial charge in [0, 0.05) is 77.4 Å². The molecule has 16 nitrogen and oxygen atoms in total. The van der Waals surface area contributed by atoms with Crippen LogP contribution >= 0.6 is 0 Å². The van der Waals surface area contributed by atoms with Gasteiger partial charge in [-0.2, -0.15) is 0 Å². The Balaban J connectivity index is 0.000000131. The lowest BCUT2D eigenvalue weighted by Gasteiger charge is -2.09. The number of aromatic nitrogens is 12. The van der Waals surface area contributed by atoms with Crippen LogP contribution in [0.5, 0.6) is 0 Å². The maximum Gasteiger partial charge on any atom is 0.237 e. The van der Waals surface area contributed by atoms with Crippen molar-refractivity contribution in [3.05, 3.63) is 316 Å². The zero-order chi connectivity index (χ0) is 70.7. The first-order valence-corrected chi connectivity index (χ1v) is 35.6. The molecule has 12 heterocycles. The predicted octanol–water partition coefficient (Wildman–Crippen LogP) is 22.9. The van der Waals surface area contributed by atoms with Crippen molar-refractivity contribution in [2.75, 3.05) is 0 Å². The average Bonchev–Trinajstić information content (AvgIpc) is 1.58. The van der Waals surface area contributed by atoms with Crippen LogP contribution in [0.2, 0.25) is 0 Å². The molecule has 16 heteroatoms. The molecule has 12 aromatic heterocycles. The smallest absolute Gasteiger partial charge is 0.237 e. The molecule has 0 N–H and O–H groups in total. The lowest BCUT2D eigenvalue weighted by molar-refractivity contribution is 0.641. The minimum Gasteiger partial charge on any atom is -0.439 e. The van der Waals surface area contributed by atoms with Crippen molar-refractivity contribution >= 4 is 154 Å². The lowest BCUT2D eigenvalue weighted by atomic mass is 10.00. The molecule has 0 bridgehead atoms. The van der Waals surface area contributed by atoms with Crippen LogP contribution in [0.15, 0.2) is 334 Å². The third-order valence-electron chi connectivity index (χ3n) is 21.0. The monoisotopic (exact) mass is 1390 g/mol. The van der Waals surface area contributed by atoms with Crippen molar-refractivity contribution in [3.8, 4) is 68.3 Å². The minimum atomic E-state index is 0.568. The normalized spacial score (nSPS) is 12.1. The van der Waals surface area contributed by atoms with Crippen LogP contribution in [-0.4, -0.2) is 58.1 Å². The van der Waals surface area contributed by atoms with Crippen LogP contribution in [0.4, 0.5) is 0 Å². The Labute approximate surface area is 610 Å². The Bertz CT molecular complexity index is 7350. The highest BCUT2D eigenvalue weighted by Gasteiger charge is 2.27. The number of nitrogens with zero attached hydrogens (tertiary/aromatic N) is 12. The van der Waals surface area contributed by atoms with Crippen LogP contribution < -0.4 is 0 Å². The molecule has 0 radical (unpaired) electrons. The fourth-order valence-corrected chi connectivity index (χ4v) is 16.1. The maximum atomic E-state index is 6.58. The van der Waals surface area contributed by atoms with Gasteiger partial charge in [-0.15, -0.1) is 0 Å². The van der Waals surface area contributed by atoms with E-state index < -0.39 is 0 Å². The van der Waals surface area contributed by atoms with Crippen molar-refractivity contribution < 1.29 is 17.7 Å². The summed E-state index contributed by atoms with van der Waals surface area (Å²) >= 11 is 0. The van der Waals surface area contributed by atoms with Gasteiger partial charge in [0.25, 0.3) is 0 Å². The Kier molecular flexibility index (Phi) is 12.7. The Morgan fingerprint density at radius 2 is 0.509 bits per heavy atom. The molecular formula is C92H52N12O4. The Hall–Kier alpha value is -15.2. The summed E-state index contributed by atoms with van der Waals surface area (Å²) in [7, 11) is 0. The molecule has 24 rings (SSSR count). The third kappa shape index (κ3) is 9.04. The average molecular weight is 1390 g/mol. The third-order valence-corrected chi connectivity index (χ3v) is 21.0. The predicted molar refractivity (Wildman–Crippen MR) is 428 cm³/mol. The van der Waals surface area contributed by atoms with Crippen molar-refractivity contribution in [2.45, 2.75) is 0 Å². The fraction of sp³-hybridized carbons (Fsp3) is 0. The van der Waals surface area contributed by atoms with Crippen molar-refractivity contribution in [3.63, 3.8) is 0 Å². The number of hydrogen-bond donors (Lipinski definition) is 0. The van der Waals surface area contributed by atoms with E-state index in [-0.39, 0.29) is 0 Å². The van der Waals surface area contributed by atoms with Gasteiger partial charge in [-0.25, -0.2) is 49.0 Å². The molecule has 0 aliphatic heterocycles. The standard InChI is InChI=1S/C48H28N6O2.C44H24N6O2/c1-3-11-29(12-4-1)45-49-25-33(26-50-45)53-39-21-19-31(23-37(39)43-35-15-7-9-17-41(35)55-47(43)53)32-20-22-40-38(24-32)44-36-16-8-10-18-42(36)56-48(44)54(40)34-27-51-46(52-28-34)30-13-5-2-6-14-30;1-5-13-33-27(9-1)23-45-43(47-33)49-35-19-17-25(21-31(35)39-29-11-3-7-15-37(29)51-41(39)49)26-18-20-36-32(22-26)40-30-12-4-8-16-38(30)52-42(40)50(36)44-46-24-28-10-2-6-14-34(28)48-44/h1-28H;1-24H. The van der Waals surface area contributed by atoms with Crippen LogP contribution in [0, 0.1) is 0 Å². The van der Waals surface area contributed by atoms with Crippen molar-refractivity contribution in [2.24, 2.45) is 0 Å². The molecular weight excluding hydrogens is 1340 g/mol. The molecule has 0 spiro atoms. The molecule has 0 saturated carbocycles. The second-order valence-electron chi connectivity index (χ2n) is 27.1. The van der Waals surface area contributed by atoms with Crippen LogP contribution in [-0.2, 0) is 0 Å². The van der Waals surface area contributed by atoms with Gasteiger partial charge in [0.05, 0.1) is 90.8 Å². The molecule has 108 heavy (non-hydrogen) atoms. The number of furan rings is 4. The van der Waals surface area contributed by atoms with Gasteiger partial charge in [0.2, 0.25) is 34.8 Å². The number of benzene rings is 12. The fourth-order valence-electron chi connectivity index (χ4n) is 16.1. The summed E-state index contributed by atoms with van der Waals surface area (Å²) in [5.41, 5.74) is 19.9. The van der Waals surface area contributed by atoms with E-state index in [4.69, 9.17) is 57.5 Å². The van der Waals surface area contributed by atoms with E-state index in [0.717, 1.165) is 198 Å². The van der Waals surface area contributed by atoms with Gasteiger partial charge >= 0.3 is 0 Å². The number of para-hydroxylation sites is 6. The van der Waals surface area contributed by atoms with Gasteiger partial charge in [-0.05, 0) is 107 Å². The van der Waals surface area contributed by atoms with E-state index in [1.54, 1.807) is 0 Å². The van der Waals surface area contributed by atoms with Crippen LogP contribution in [0.3, 0.4) is 0 Å². The first-order valence-electron chi connectivity index (χ1n) is 35.6. The number of hydrogen-bond acceptors (Lipinski definition) is 12. The minimum absolute atomic E-state index is 0.568. The molecule has 0 saturated heterocycles. The summed E-state index contributed by atoms with van der Waals surface area (Å²) in [4.78, 5) is 38.6. The maximum absolute atomic E-state index is 6.58. The number of fused-ring (bicyclic) bond motifs is 22. The summed E-state index contributed by atoms with van der Waals surface area (Å²) in [6, 6.07) is 95.2. The highest BCUT2D eigenvalue weighted by molar-refractivity contribution is 6.24. The molecule has 0 atom stereocenters. The van der Waals surface area contributed by atoms with Crippen LogP contribution in [0.25, 0.3) is 222 Å². The molecule has 0 aliphatic rings. The first kappa shape index (κ1) is 59.4. The molecule has 24 aromatic rings. The van der Waals surface area contributed by atoms with E-state index in [2.05, 4.69) is 130 Å². The second kappa shape index (κ2) is 23.2. The van der Waals surface area contributed by atoms with Crippen LogP contribution in [0.1, 0.15) is 0 Å². The molecule has 0 aliphatic carbocycles. The second-order valence-corrected chi connectivity index (χ2v) is 27.1. The largest absolute Gasteiger partial charge is 0.439 e. The quantitative estimate of drug-likeness (QED) is 0.141. The highest BCUT2D eigenvalue weighted by atomic mass is 16.4. The van der Waals surface area contributed by atoms with Gasteiger partial charge in [0.15, 0.2) is 11.6 Å². The molecule has 0 amide bonds. The summed E-state index contributed by atoms with van der Waals surface area (Å²) in [6.45, 7) is 0. The lowest BCUT2D eigenvalue weighted by Crippen LogP contribution is -2.00. The zero-order valence-corrected chi connectivity index (χ0v) is 57.0. The van der Waals surface area contributed by atoms with E-state index in [9.17, 15) is 0 Å². The molecule has 0 unspecified atom stereocenters. The molecule has 0 fully saturated rings. The van der Waals surface area contributed by atoms with Crippen molar-refractivity contribution in [1.82, 2.24) is 58.1 Å². The van der Waals surface area contributed by atoms with Gasteiger partial charge < -0.3 is 17.7 Å². The van der Waals surface area contributed by atoms with E-state index in [1.165, 1.54) is 0 Å². The zero-order valence-electron chi connectivity index (χ0n) is 57.0. The number of rotatable bonds is 8. The summed E-state index contributed by atoms with van der Waals surface area (Å²) in [5, 5.41) is 14.7. The topological polar surface area (TPSA) is 175 Å². The summed E-state index contributed by atoms with van der Waals surface area (Å²) in [5.74, 6) is 2.49. The summed E-state index contributed by atoms with van der Waals surface area (Å²) < 4.78 is 34.6. The van der Waals surface area contributed by atoms with Gasteiger partial charge in [-0.1, -0.05) is 194 Å². The first-order chi connectivity index (χ1) is 53.5. The van der Waals surface area contributed by atoms with Gasteiger partial charge in [-0.3, -0.25) is 9.13 Å². The van der Waals surface area contributed by atoms with E-state index >= 15 is 0 Å². The van der Waals surface area contributed by atoms with E-state index in [1.807, 2.05) is 204 Å². The van der Waals surface area contributed by atoms with E-state index in [0.29, 0.717) is 23.5 Å². The summed E-state index contributed by atoms with van der Waals surface area (Å²) in [6.07, 6.45) is 11.2. The Morgan fingerprint density at radius 1 is 0.222 bits per heavy atom. The SMILES string of the molecule is c1ccc(-c2ncc(-n3c4ccc(-c5ccc6c(c5)c5c7ccccc7oc5n6-c5cnc(-c6ccccc6)nc5)cc4c4c5ccccc5oc43)cn2)cc1.c1ccc2nc(-n3c4ccc(-c5ccc6c(c5)c5c7ccccc7oc5n6-c5ncc6ccccc6n5)cc4c4c5ccccc5oc43)ncc2c1.